The smallest absolute Gasteiger partial charge is 0.239 e. The Labute approximate surface area is 123 Å². The number of amides is 1. The predicted octanol–water partition coefficient (Wildman–Crippen LogP) is 2.04. The lowest BCUT2D eigenvalue weighted by molar-refractivity contribution is -0.133. The van der Waals surface area contributed by atoms with E-state index >= 15 is 0 Å². The Morgan fingerprint density at radius 1 is 1.30 bits per heavy atom. The van der Waals surface area contributed by atoms with Gasteiger partial charge in [-0.05, 0) is 24.7 Å². The Bertz CT molecular complexity index is 301. The normalized spacial score (nSPS) is 25.9. The molecular weight excluding hydrogens is 252 g/mol. The number of hydrogen-bond acceptors (Lipinski definition) is 3. The first-order chi connectivity index (χ1) is 9.66. The van der Waals surface area contributed by atoms with Crippen molar-refractivity contribution in [1.29, 1.82) is 0 Å². The third kappa shape index (κ3) is 4.74. The van der Waals surface area contributed by atoms with Crippen LogP contribution in [0.25, 0.3) is 0 Å². The van der Waals surface area contributed by atoms with Gasteiger partial charge in [0.15, 0.2) is 0 Å². The molecule has 1 aliphatic heterocycles. The molecule has 20 heavy (non-hydrogen) atoms. The molecule has 2 rings (SSSR count). The maximum absolute atomic E-state index is 12.4. The topological polar surface area (TPSA) is 41.6 Å². The lowest BCUT2D eigenvalue weighted by atomic mass is 9.89. The SMILES string of the molecule is CC(C)CN1CCOC[C@@H]1C(=O)NCC1CCCCC1. The summed E-state index contributed by atoms with van der Waals surface area (Å²) in [5.41, 5.74) is 0. The summed E-state index contributed by atoms with van der Waals surface area (Å²) < 4.78 is 5.50. The molecule has 2 fully saturated rings. The third-order valence-corrected chi connectivity index (χ3v) is 4.43. The number of hydrogen-bond donors (Lipinski definition) is 1. The van der Waals surface area contributed by atoms with E-state index in [2.05, 4.69) is 24.1 Å². The molecule has 116 valence electrons. The molecule has 4 heteroatoms. The average Bonchev–Trinajstić information content (AvgIpc) is 2.46. The van der Waals surface area contributed by atoms with Gasteiger partial charge in [-0.15, -0.1) is 0 Å². The number of rotatable bonds is 5. The van der Waals surface area contributed by atoms with E-state index in [1.54, 1.807) is 0 Å². The second kappa shape index (κ2) is 7.99. The Morgan fingerprint density at radius 3 is 2.75 bits per heavy atom. The van der Waals surface area contributed by atoms with E-state index in [-0.39, 0.29) is 11.9 Å². The van der Waals surface area contributed by atoms with Crippen LogP contribution in [-0.4, -0.2) is 49.7 Å². The van der Waals surface area contributed by atoms with Crippen molar-refractivity contribution in [3.05, 3.63) is 0 Å². The van der Waals surface area contributed by atoms with Gasteiger partial charge in [-0.3, -0.25) is 9.69 Å². The molecule has 1 heterocycles. The summed E-state index contributed by atoms with van der Waals surface area (Å²) in [6.45, 7) is 8.40. The van der Waals surface area contributed by atoms with E-state index < -0.39 is 0 Å². The highest BCUT2D eigenvalue weighted by atomic mass is 16.5. The van der Waals surface area contributed by atoms with Crippen molar-refractivity contribution in [3.63, 3.8) is 0 Å². The summed E-state index contributed by atoms with van der Waals surface area (Å²) in [6, 6.07) is -0.0882. The van der Waals surface area contributed by atoms with Crippen LogP contribution in [0, 0.1) is 11.8 Å². The monoisotopic (exact) mass is 282 g/mol. The molecule has 0 unspecified atom stereocenters. The molecule has 1 amide bonds. The Hall–Kier alpha value is -0.610. The van der Waals surface area contributed by atoms with Crippen LogP contribution in [0.5, 0.6) is 0 Å². The average molecular weight is 282 g/mol. The molecule has 0 aromatic heterocycles. The van der Waals surface area contributed by atoms with E-state index in [0.29, 0.717) is 18.4 Å². The third-order valence-electron chi connectivity index (χ3n) is 4.43. The minimum Gasteiger partial charge on any atom is -0.378 e. The fourth-order valence-corrected chi connectivity index (χ4v) is 3.32. The van der Waals surface area contributed by atoms with E-state index in [1.165, 1.54) is 32.1 Å². The maximum atomic E-state index is 12.4. The molecule has 0 radical (unpaired) electrons. The van der Waals surface area contributed by atoms with Crippen LogP contribution in [0.2, 0.25) is 0 Å². The van der Waals surface area contributed by atoms with Gasteiger partial charge < -0.3 is 10.1 Å². The lowest BCUT2D eigenvalue weighted by Gasteiger charge is -2.36. The first kappa shape index (κ1) is 15.8. The van der Waals surface area contributed by atoms with Gasteiger partial charge in [0.2, 0.25) is 5.91 Å². The van der Waals surface area contributed by atoms with E-state index in [9.17, 15) is 4.79 Å². The molecule has 0 aromatic carbocycles. The zero-order valence-electron chi connectivity index (χ0n) is 13.1. The van der Waals surface area contributed by atoms with E-state index in [1.807, 2.05) is 0 Å². The van der Waals surface area contributed by atoms with Gasteiger partial charge in [-0.1, -0.05) is 33.1 Å². The van der Waals surface area contributed by atoms with Crippen molar-refractivity contribution in [3.8, 4) is 0 Å². The first-order valence-corrected chi connectivity index (χ1v) is 8.26. The van der Waals surface area contributed by atoms with Crippen LogP contribution < -0.4 is 5.32 Å². The van der Waals surface area contributed by atoms with Gasteiger partial charge in [0, 0.05) is 19.6 Å². The van der Waals surface area contributed by atoms with Crippen LogP contribution in [0.3, 0.4) is 0 Å². The van der Waals surface area contributed by atoms with Gasteiger partial charge in [0.1, 0.15) is 6.04 Å². The molecule has 1 aliphatic carbocycles. The van der Waals surface area contributed by atoms with E-state index in [4.69, 9.17) is 4.74 Å². The Kier molecular flexibility index (Phi) is 6.30. The van der Waals surface area contributed by atoms with Crippen molar-refractivity contribution >= 4 is 5.91 Å². The number of ether oxygens (including phenoxy) is 1. The van der Waals surface area contributed by atoms with Crippen LogP contribution in [-0.2, 0) is 9.53 Å². The highest BCUT2D eigenvalue weighted by Gasteiger charge is 2.29. The minimum atomic E-state index is -0.0882. The zero-order chi connectivity index (χ0) is 14.4. The minimum absolute atomic E-state index is 0.0882. The van der Waals surface area contributed by atoms with Crippen LogP contribution in [0.1, 0.15) is 46.0 Å². The summed E-state index contributed by atoms with van der Waals surface area (Å²) in [5.74, 6) is 1.44. The number of nitrogens with zero attached hydrogens (tertiary/aromatic N) is 1. The summed E-state index contributed by atoms with van der Waals surface area (Å²) in [6.07, 6.45) is 6.57. The molecule has 1 saturated heterocycles. The van der Waals surface area contributed by atoms with Gasteiger partial charge in [-0.25, -0.2) is 0 Å². The maximum Gasteiger partial charge on any atom is 0.239 e. The molecule has 1 atom stereocenters. The van der Waals surface area contributed by atoms with Gasteiger partial charge in [-0.2, -0.15) is 0 Å². The van der Waals surface area contributed by atoms with Gasteiger partial charge >= 0.3 is 0 Å². The van der Waals surface area contributed by atoms with Crippen molar-refractivity contribution in [2.45, 2.75) is 52.0 Å². The molecule has 0 aromatic rings. The molecule has 1 saturated carbocycles. The fraction of sp³-hybridized carbons (Fsp3) is 0.938. The first-order valence-electron chi connectivity index (χ1n) is 8.26. The molecule has 4 nitrogen and oxygen atoms in total. The van der Waals surface area contributed by atoms with Crippen LogP contribution >= 0.6 is 0 Å². The van der Waals surface area contributed by atoms with Crippen molar-refractivity contribution < 1.29 is 9.53 Å². The quantitative estimate of drug-likeness (QED) is 0.839. The van der Waals surface area contributed by atoms with Crippen molar-refractivity contribution in [2.75, 3.05) is 32.8 Å². The highest BCUT2D eigenvalue weighted by Crippen LogP contribution is 2.22. The van der Waals surface area contributed by atoms with Crippen molar-refractivity contribution in [1.82, 2.24) is 10.2 Å². The number of carbonyl (C=O) groups is 1. The Balaban J connectivity index is 1.79. The number of nitrogens with one attached hydrogen (secondary N) is 1. The second-order valence-electron chi connectivity index (χ2n) is 6.73. The summed E-state index contributed by atoms with van der Waals surface area (Å²) in [7, 11) is 0. The van der Waals surface area contributed by atoms with Crippen LogP contribution in [0.4, 0.5) is 0 Å². The summed E-state index contributed by atoms with van der Waals surface area (Å²) in [4.78, 5) is 14.7. The molecule has 2 aliphatic rings. The second-order valence-corrected chi connectivity index (χ2v) is 6.73. The van der Waals surface area contributed by atoms with Gasteiger partial charge in [0.25, 0.3) is 0 Å². The molecule has 0 bridgehead atoms. The molecule has 0 spiro atoms. The Morgan fingerprint density at radius 2 is 2.05 bits per heavy atom. The molecular formula is C16H30N2O2. The standard InChI is InChI=1S/C16H30N2O2/c1-13(2)11-18-8-9-20-12-15(18)16(19)17-10-14-6-4-3-5-7-14/h13-15H,3-12H2,1-2H3,(H,17,19)/t15-/m1/s1. The van der Waals surface area contributed by atoms with E-state index in [0.717, 1.165) is 26.2 Å². The lowest BCUT2D eigenvalue weighted by Crippen LogP contribution is -2.55. The fourth-order valence-electron chi connectivity index (χ4n) is 3.32. The largest absolute Gasteiger partial charge is 0.378 e. The van der Waals surface area contributed by atoms with Crippen molar-refractivity contribution in [2.24, 2.45) is 11.8 Å². The predicted molar refractivity (Wildman–Crippen MR) is 80.6 cm³/mol. The van der Waals surface area contributed by atoms with Gasteiger partial charge in [0.05, 0.1) is 13.2 Å². The summed E-state index contributed by atoms with van der Waals surface area (Å²) >= 11 is 0. The number of carbonyl (C=O) groups excluding carboxylic acids is 1. The van der Waals surface area contributed by atoms with Crippen LogP contribution in [0.15, 0.2) is 0 Å². The zero-order valence-corrected chi connectivity index (χ0v) is 13.1. The highest BCUT2D eigenvalue weighted by molar-refractivity contribution is 5.82. The number of morpholine rings is 1. The summed E-state index contributed by atoms with van der Waals surface area (Å²) in [5, 5.41) is 3.16. The molecule has 1 N–H and O–H groups in total.